The van der Waals surface area contributed by atoms with Crippen LogP contribution in [0.2, 0.25) is 0 Å². The van der Waals surface area contributed by atoms with Crippen molar-refractivity contribution >= 4 is 0 Å². The summed E-state index contributed by atoms with van der Waals surface area (Å²) >= 11 is 0. The zero-order valence-corrected chi connectivity index (χ0v) is 12.4. The number of nitrogens with one attached hydrogen (secondary N) is 1. The maximum absolute atomic E-state index is 13.8. The van der Waals surface area contributed by atoms with E-state index in [1.54, 1.807) is 6.07 Å². The molecule has 1 heterocycles. The third kappa shape index (κ3) is 3.78. The molecule has 3 nitrogen and oxygen atoms in total. The molecule has 0 saturated carbocycles. The van der Waals surface area contributed by atoms with Gasteiger partial charge in [0.1, 0.15) is 5.82 Å². The minimum atomic E-state index is -0.322. The van der Waals surface area contributed by atoms with E-state index in [1.807, 2.05) is 19.1 Å². The highest BCUT2D eigenvalue weighted by Crippen LogP contribution is 2.25. The van der Waals surface area contributed by atoms with Gasteiger partial charge in [-0.25, -0.2) is 4.39 Å². The zero-order chi connectivity index (χ0) is 14.6. The van der Waals surface area contributed by atoms with Gasteiger partial charge in [-0.05, 0) is 44.7 Å². The molecule has 4 heteroatoms. The Kier molecular flexibility index (Phi) is 4.78. The molecule has 2 atom stereocenters. The van der Waals surface area contributed by atoms with Gasteiger partial charge in [0.05, 0.1) is 5.60 Å². The number of hydrogen-bond acceptors (Lipinski definition) is 3. The van der Waals surface area contributed by atoms with Crippen LogP contribution < -0.4 is 11.1 Å². The van der Waals surface area contributed by atoms with Gasteiger partial charge in [0.15, 0.2) is 0 Å². The number of hydrogen-bond donors (Lipinski definition) is 2. The van der Waals surface area contributed by atoms with Gasteiger partial charge >= 0.3 is 0 Å². The summed E-state index contributed by atoms with van der Waals surface area (Å²) in [5.41, 5.74) is 6.16. The van der Waals surface area contributed by atoms with Crippen molar-refractivity contribution in [3.8, 4) is 0 Å². The second kappa shape index (κ2) is 6.20. The average molecular weight is 280 g/mol. The number of halogens is 1. The topological polar surface area (TPSA) is 47.3 Å². The fourth-order valence-electron chi connectivity index (χ4n) is 2.65. The van der Waals surface area contributed by atoms with Crippen molar-refractivity contribution in [3.05, 3.63) is 35.6 Å². The number of rotatable bonds is 6. The van der Waals surface area contributed by atoms with Gasteiger partial charge in [-0.3, -0.25) is 0 Å². The third-order valence-corrected chi connectivity index (χ3v) is 4.18. The molecule has 0 spiro atoms. The summed E-state index contributed by atoms with van der Waals surface area (Å²) in [5.74, 6) is -0.169. The highest BCUT2D eigenvalue weighted by molar-refractivity contribution is 5.20. The van der Waals surface area contributed by atoms with Crippen LogP contribution in [-0.4, -0.2) is 30.8 Å². The molecule has 0 radical (unpaired) electrons. The molecule has 112 valence electrons. The fourth-order valence-corrected chi connectivity index (χ4v) is 2.65. The molecule has 1 aliphatic rings. The molecular formula is C16H25FN2O. The molecule has 1 fully saturated rings. The Morgan fingerprint density at radius 1 is 1.45 bits per heavy atom. The average Bonchev–Trinajstić information content (AvgIpc) is 2.87. The van der Waals surface area contributed by atoms with E-state index in [9.17, 15) is 4.39 Å². The highest BCUT2D eigenvalue weighted by Gasteiger charge is 2.33. The summed E-state index contributed by atoms with van der Waals surface area (Å²) in [6.07, 6.45) is 2.73. The van der Waals surface area contributed by atoms with E-state index in [0.717, 1.165) is 26.0 Å². The van der Waals surface area contributed by atoms with Crippen molar-refractivity contribution in [2.75, 3.05) is 19.7 Å². The van der Waals surface area contributed by atoms with E-state index in [2.05, 4.69) is 12.2 Å². The van der Waals surface area contributed by atoms with Crippen molar-refractivity contribution in [2.24, 2.45) is 5.73 Å². The maximum atomic E-state index is 13.8. The van der Waals surface area contributed by atoms with Gasteiger partial charge in [0.25, 0.3) is 0 Å². The lowest BCUT2D eigenvalue weighted by atomic mass is 9.91. The first-order valence-electron chi connectivity index (χ1n) is 7.29. The van der Waals surface area contributed by atoms with E-state index < -0.39 is 0 Å². The van der Waals surface area contributed by atoms with Gasteiger partial charge in [-0.2, -0.15) is 0 Å². The Hall–Kier alpha value is -0.970. The van der Waals surface area contributed by atoms with Gasteiger partial charge in [0, 0.05) is 25.2 Å². The van der Waals surface area contributed by atoms with Crippen LogP contribution in [0, 0.1) is 5.82 Å². The van der Waals surface area contributed by atoms with Crippen molar-refractivity contribution in [3.63, 3.8) is 0 Å². The normalized spacial score (nSPS) is 25.6. The second-order valence-electron chi connectivity index (χ2n) is 6.29. The standard InChI is InChI=1S/C16H25FN2O/c1-15(11-18,10-13-6-3-4-7-14(13)17)19-12-16(2)8-5-9-20-16/h3-4,6-7,19H,5,8-12,18H2,1-2H3. The van der Waals surface area contributed by atoms with Crippen molar-refractivity contribution in [1.29, 1.82) is 0 Å². The first-order valence-corrected chi connectivity index (χ1v) is 7.29. The van der Waals surface area contributed by atoms with Crippen LogP contribution >= 0.6 is 0 Å². The molecule has 1 aromatic carbocycles. The Morgan fingerprint density at radius 2 is 2.20 bits per heavy atom. The third-order valence-electron chi connectivity index (χ3n) is 4.18. The summed E-state index contributed by atoms with van der Waals surface area (Å²) in [5, 5.41) is 3.49. The summed E-state index contributed by atoms with van der Waals surface area (Å²) < 4.78 is 19.6. The van der Waals surface area contributed by atoms with E-state index >= 15 is 0 Å². The van der Waals surface area contributed by atoms with Crippen LogP contribution in [0.3, 0.4) is 0 Å². The van der Waals surface area contributed by atoms with Gasteiger partial charge in [-0.15, -0.1) is 0 Å². The van der Waals surface area contributed by atoms with Crippen LogP contribution in [0.15, 0.2) is 24.3 Å². The number of nitrogens with two attached hydrogens (primary N) is 1. The molecule has 1 aliphatic heterocycles. The molecule has 0 aromatic heterocycles. The number of ether oxygens (including phenoxy) is 1. The first kappa shape index (κ1) is 15.4. The molecule has 0 bridgehead atoms. The Labute approximate surface area is 120 Å². The first-order chi connectivity index (χ1) is 9.46. The largest absolute Gasteiger partial charge is 0.374 e. The summed E-state index contributed by atoms with van der Waals surface area (Å²) in [6.45, 7) is 6.18. The smallest absolute Gasteiger partial charge is 0.126 e. The summed E-state index contributed by atoms with van der Waals surface area (Å²) in [7, 11) is 0. The Bertz CT molecular complexity index is 446. The Balaban J connectivity index is 2.00. The van der Waals surface area contributed by atoms with E-state index in [0.29, 0.717) is 18.5 Å². The maximum Gasteiger partial charge on any atom is 0.126 e. The monoisotopic (exact) mass is 280 g/mol. The lowest BCUT2D eigenvalue weighted by Gasteiger charge is -2.34. The van der Waals surface area contributed by atoms with Crippen LogP contribution in [0.4, 0.5) is 4.39 Å². The van der Waals surface area contributed by atoms with Crippen molar-refractivity contribution < 1.29 is 9.13 Å². The van der Waals surface area contributed by atoms with Gasteiger partial charge in [-0.1, -0.05) is 18.2 Å². The van der Waals surface area contributed by atoms with Crippen molar-refractivity contribution in [2.45, 2.75) is 44.2 Å². The molecule has 0 amide bonds. The van der Waals surface area contributed by atoms with E-state index in [4.69, 9.17) is 10.5 Å². The summed E-state index contributed by atoms with van der Waals surface area (Å²) in [6, 6.07) is 6.88. The van der Waals surface area contributed by atoms with Crippen LogP contribution in [0.1, 0.15) is 32.3 Å². The molecule has 2 rings (SSSR count). The van der Waals surface area contributed by atoms with E-state index in [-0.39, 0.29) is 17.0 Å². The SMILES string of the molecule is CC(CN)(Cc1ccccc1F)NCC1(C)CCCO1. The lowest BCUT2D eigenvalue weighted by molar-refractivity contribution is 0.0151. The van der Waals surface area contributed by atoms with E-state index in [1.165, 1.54) is 6.07 Å². The van der Waals surface area contributed by atoms with Gasteiger partial charge in [0.2, 0.25) is 0 Å². The molecular weight excluding hydrogens is 255 g/mol. The molecule has 2 unspecified atom stereocenters. The molecule has 3 N–H and O–H groups in total. The van der Waals surface area contributed by atoms with Crippen LogP contribution in [-0.2, 0) is 11.2 Å². The van der Waals surface area contributed by atoms with Crippen molar-refractivity contribution in [1.82, 2.24) is 5.32 Å². The highest BCUT2D eigenvalue weighted by atomic mass is 19.1. The second-order valence-corrected chi connectivity index (χ2v) is 6.29. The molecule has 1 aromatic rings. The minimum Gasteiger partial charge on any atom is -0.374 e. The lowest BCUT2D eigenvalue weighted by Crippen LogP contribution is -2.55. The van der Waals surface area contributed by atoms with Gasteiger partial charge < -0.3 is 15.8 Å². The predicted octanol–water partition coefficient (Wildman–Crippen LogP) is 2.24. The Morgan fingerprint density at radius 3 is 2.80 bits per heavy atom. The quantitative estimate of drug-likeness (QED) is 0.840. The predicted molar refractivity (Wildman–Crippen MR) is 79.2 cm³/mol. The molecule has 20 heavy (non-hydrogen) atoms. The summed E-state index contributed by atoms with van der Waals surface area (Å²) in [4.78, 5) is 0. The fraction of sp³-hybridized carbons (Fsp3) is 0.625. The molecule has 1 saturated heterocycles. The number of benzene rings is 1. The van der Waals surface area contributed by atoms with Crippen LogP contribution in [0.5, 0.6) is 0 Å². The molecule has 0 aliphatic carbocycles. The van der Waals surface area contributed by atoms with Crippen LogP contribution in [0.25, 0.3) is 0 Å². The minimum absolute atomic E-state index is 0.119. The zero-order valence-electron chi connectivity index (χ0n) is 12.4.